The molecular formula is C18H20F3N7OS. The normalized spacial score (nSPS) is 16.7. The van der Waals surface area contributed by atoms with Crippen LogP contribution in [0.25, 0.3) is 11.2 Å². The van der Waals surface area contributed by atoms with Gasteiger partial charge in [0.2, 0.25) is 0 Å². The van der Waals surface area contributed by atoms with Gasteiger partial charge in [-0.2, -0.15) is 13.2 Å². The Balaban J connectivity index is 1.67. The number of piperidine rings is 1. The van der Waals surface area contributed by atoms with Crippen molar-refractivity contribution < 1.29 is 17.4 Å². The van der Waals surface area contributed by atoms with Crippen molar-refractivity contribution in [1.29, 1.82) is 0 Å². The highest BCUT2D eigenvalue weighted by Crippen LogP contribution is 2.38. The van der Waals surface area contributed by atoms with E-state index in [4.69, 9.17) is 0 Å². The zero-order chi connectivity index (χ0) is 21.3. The molecule has 0 bridgehead atoms. The van der Waals surface area contributed by atoms with Crippen molar-refractivity contribution in [2.45, 2.75) is 23.9 Å². The summed E-state index contributed by atoms with van der Waals surface area (Å²) < 4.78 is 54.0. The SMILES string of the molecule is CNS(=O)c1ccc(N2CCC(C(F)(F)F)CC2)c(Nc2ncnc3nc[nH]c23)c1. The fraction of sp³-hybridized carbons (Fsp3) is 0.389. The molecule has 1 saturated heterocycles. The molecule has 3 aromatic rings. The number of aromatic amines is 1. The number of anilines is 3. The lowest BCUT2D eigenvalue weighted by Crippen LogP contribution is -2.39. The van der Waals surface area contributed by atoms with Crippen molar-refractivity contribution in [2.75, 3.05) is 30.4 Å². The highest BCUT2D eigenvalue weighted by molar-refractivity contribution is 7.83. The Morgan fingerprint density at radius 1 is 1.20 bits per heavy atom. The van der Waals surface area contributed by atoms with Crippen LogP contribution in [0.2, 0.25) is 0 Å². The maximum absolute atomic E-state index is 13.0. The Kier molecular flexibility index (Phi) is 5.60. The third-order valence-corrected chi connectivity index (χ3v) is 6.19. The summed E-state index contributed by atoms with van der Waals surface area (Å²) in [6, 6.07) is 5.18. The molecule has 12 heteroatoms. The Labute approximate surface area is 172 Å². The summed E-state index contributed by atoms with van der Waals surface area (Å²) in [6.07, 6.45) is -1.24. The lowest BCUT2D eigenvalue weighted by molar-refractivity contribution is -0.179. The van der Waals surface area contributed by atoms with E-state index in [1.807, 2.05) is 4.90 Å². The van der Waals surface area contributed by atoms with Crippen LogP contribution in [0.4, 0.5) is 30.4 Å². The van der Waals surface area contributed by atoms with Gasteiger partial charge >= 0.3 is 6.18 Å². The third-order valence-electron chi connectivity index (χ3n) is 5.14. The van der Waals surface area contributed by atoms with Gasteiger partial charge in [-0.05, 0) is 38.1 Å². The largest absolute Gasteiger partial charge is 0.391 e. The number of aromatic nitrogens is 4. The minimum absolute atomic E-state index is 0.0332. The molecule has 1 aliphatic rings. The molecule has 3 N–H and O–H groups in total. The van der Waals surface area contributed by atoms with Crippen LogP contribution in [-0.4, -0.2) is 50.5 Å². The van der Waals surface area contributed by atoms with Gasteiger partial charge in [0, 0.05) is 13.1 Å². The van der Waals surface area contributed by atoms with E-state index in [-0.39, 0.29) is 25.9 Å². The fourth-order valence-corrected chi connectivity index (χ4v) is 4.21. The highest BCUT2D eigenvalue weighted by atomic mass is 32.2. The summed E-state index contributed by atoms with van der Waals surface area (Å²) in [7, 11) is 0.162. The molecule has 1 aromatic carbocycles. The molecule has 1 fully saturated rings. The van der Waals surface area contributed by atoms with Gasteiger partial charge in [0.25, 0.3) is 0 Å². The molecule has 0 aliphatic carbocycles. The summed E-state index contributed by atoms with van der Waals surface area (Å²) in [4.78, 5) is 17.8. The van der Waals surface area contributed by atoms with E-state index in [2.05, 4.69) is 30.0 Å². The number of alkyl halides is 3. The first-order chi connectivity index (χ1) is 14.4. The standard InChI is InChI=1S/C18H20F3N7OS/c1-22-30(29)12-2-3-14(28-6-4-11(5-7-28)18(19,20)21)13(8-12)27-17-15-16(24-9-23-15)25-10-26-17/h2-3,8-11,22H,4-7H2,1H3,(H2,23,24,25,26,27). The maximum atomic E-state index is 13.0. The number of hydrogen-bond acceptors (Lipinski definition) is 6. The second-order valence-corrected chi connectivity index (χ2v) is 8.32. The molecule has 3 heterocycles. The molecule has 0 amide bonds. The number of imidazole rings is 1. The molecule has 2 aromatic heterocycles. The maximum Gasteiger partial charge on any atom is 0.391 e. The topological polar surface area (TPSA) is 98.8 Å². The van der Waals surface area contributed by atoms with Gasteiger partial charge in [-0.3, -0.25) is 0 Å². The number of nitrogens with one attached hydrogen (secondary N) is 3. The molecule has 0 saturated carbocycles. The first-order valence-corrected chi connectivity index (χ1v) is 10.5. The second kappa shape index (κ2) is 8.19. The number of hydrogen-bond donors (Lipinski definition) is 3. The molecule has 1 atom stereocenters. The van der Waals surface area contributed by atoms with Crippen molar-refractivity contribution in [3.05, 3.63) is 30.9 Å². The molecule has 1 unspecified atom stereocenters. The third kappa shape index (κ3) is 4.10. The second-order valence-electron chi connectivity index (χ2n) is 6.90. The predicted octanol–water partition coefficient (Wildman–Crippen LogP) is 3.12. The van der Waals surface area contributed by atoms with Crippen molar-refractivity contribution in [3.63, 3.8) is 0 Å². The number of H-pyrrole nitrogens is 1. The van der Waals surface area contributed by atoms with Crippen molar-refractivity contribution in [1.82, 2.24) is 24.7 Å². The minimum atomic E-state index is -4.17. The van der Waals surface area contributed by atoms with Crippen LogP contribution in [0.15, 0.2) is 35.7 Å². The Morgan fingerprint density at radius 2 is 1.97 bits per heavy atom. The van der Waals surface area contributed by atoms with Gasteiger partial charge in [-0.25, -0.2) is 23.9 Å². The Bertz CT molecular complexity index is 1060. The zero-order valence-electron chi connectivity index (χ0n) is 16.0. The van der Waals surface area contributed by atoms with Gasteiger partial charge in [-0.1, -0.05) is 0 Å². The summed E-state index contributed by atoms with van der Waals surface area (Å²) in [5, 5.41) is 3.21. The summed E-state index contributed by atoms with van der Waals surface area (Å²) in [5.41, 5.74) is 2.39. The van der Waals surface area contributed by atoms with E-state index in [0.717, 1.165) is 5.69 Å². The molecule has 4 rings (SSSR count). The molecule has 160 valence electrons. The number of nitrogens with zero attached hydrogens (tertiary/aromatic N) is 4. The highest BCUT2D eigenvalue weighted by Gasteiger charge is 2.41. The van der Waals surface area contributed by atoms with Gasteiger partial charge in [0.15, 0.2) is 11.5 Å². The molecule has 0 radical (unpaired) electrons. The van der Waals surface area contributed by atoms with Crippen LogP contribution in [0.5, 0.6) is 0 Å². The summed E-state index contributed by atoms with van der Waals surface area (Å²) in [6.45, 7) is 0.549. The lowest BCUT2D eigenvalue weighted by Gasteiger charge is -2.35. The Morgan fingerprint density at radius 3 is 2.67 bits per heavy atom. The van der Waals surface area contributed by atoms with Crippen molar-refractivity contribution in [2.24, 2.45) is 5.92 Å². The number of fused-ring (bicyclic) bond motifs is 1. The molecular weight excluding hydrogens is 419 g/mol. The van der Waals surface area contributed by atoms with Gasteiger partial charge in [0.05, 0.1) is 28.5 Å². The average Bonchev–Trinajstić information content (AvgIpc) is 3.22. The van der Waals surface area contributed by atoms with Crippen molar-refractivity contribution in [3.8, 4) is 0 Å². The average molecular weight is 439 g/mol. The number of rotatable bonds is 5. The van der Waals surface area contributed by atoms with E-state index in [1.165, 1.54) is 12.7 Å². The zero-order valence-corrected chi connectivity index (χ0v) is 16.8. The van der Waals surface area contributed by atoms with Gasteiger partial charge in [0.1, 0.15) is 22.8 Å². The molecule has 0 spiro atoms. The summed E-state index contributed by atoms with van der Waals surface area (Å²) >= 11 is 0. The Hall–Kier alpha value is -2.73. The van der Waals surface area contributed by atoms with Crippen LogP contribution >= 0.6 is 0 Å². The minimum Gasteiger partial charge on any atom is -0.370 e. The molecule has 1 aliphatic heterocycles. The quantitative estimate of drug-likeness (QED) is 0.565. The number of benzene rings is 1. The van der Waals surface area contributed by atoms with Crippen LogP contribution in [0.1, 0.15) is 12.8 Å². The fourth-order valence-electron chi connectivity index (χ4n) is 3.56. The summed E-state index contributed by atoms with van der Waals surface area (Å²) in [5.74, 6) is -0.816. The molecule has 30 heavy (non-hydrogen) atoms. The van der Waals surface area contributed by atoms with Crippen LogP contribution < -0.4 is 14.9 Å². The van der Waals surface area contributed by atoms with E-state index in [9.17, 15) is 17.4 Å². The van der Waals surface area contributed by atoms with Gasteiger partial charge < -0.3 is 15.2 Å². The first kappa shape index (κ1) is 20.5. The lowest BCUT2D eigenvalue weighted by atomic mass is 9.96. The van der Waals surface area contributed by atoms with E-state index < -0.39 is 23.1 Å². The molecule has 8 nitrogen and oxygen atoms in total. The number of halogens is 3. The van der Waals surface area contributed by atoms with E-state index in [0.29, 0.717) is 27.6 Å². The van der Waals surface area contributed by atoms with Crippen molar-refractivity contribution >= 4 is 39.3 Å². The van der Waals surface area contributed by atoms with Crippen LogP contribution in [0.3, 0.4) is 0 Å². The van der Waals surface area contributed by atoms with Gasteiger partial charge in [-0.15, -0.1) is 0 Å². The smallest absolute Gasteiger partial charge is 0.370 e. The van der Waals surface area contributed by atoms with E-state index >= 15 is 0 Å². The van der Waals surface area contributed by atoms with Crippen LogP contribution in [-0.2, 0) is 11.0 Å². The van der Waals surface area contributed by atoms with E-state index in [1.54, 1.807) is 25.2 Å². The van der Waals surface area contributed by atoms with Crippen LogP contribution in [0, 0.1) is 5.92 Å². The monoisotopic (exact) mass is 439 g/mol. The predicted molar refractivity (Wildman–Crippen MR) is 108 cm³/mol. The first-order valence-electron chi connectivity index (χ1n) is 9.33.